The number of nitrogens with zero attached hydrogens (tertiary/aromatic N) is 2. The van der Waals surface area contributed by atoms with E-state index in [1.165, 1.54) is 6.07 Å². The topological polar surface area (TPSA) is 75.7 Å². The van der Waals surface area contributed by atoms with Crippen LogP contribution in [0.2, 0.25) is 0 Å². The summed E-state index contributed by atoms with van der Waals surface area (Å²) in [6.45, 7) is 0. The highest BCUT2D eigenvalue weighted by Gasteiger charge is 2.39. The predicted octanol–water partition coefficient (Wildman–Crippen LogP) is 2.53. The molecule has 16 heavy (non-hydrogen) atoms. The standard InChI is InChI=1S/C7H4Br3N3O2S/c8-7(9,10)16(14,15)5-3-1-2-4-6(5)12-13-11-4/h1-3H,(H,11,12,13). The quantitative estimate of drug-likeness (QED) is 0.701. The van der Waals surface area contributed by atoms with Crippen LogP contribution < -0.4 is 0 Å². The van der Waals surface area contributed by atoms with E-state index in [0.717, 1.165) is 0 Å². The number of hydrogen-bond acceptors (Lipinski definition) is 4. The lowest BCUT2D eigenvalue weighted by Crippen LogP contribution is -2.18. The van der Waals surface area contributed by atoms with Crippen molar-refractivity contribution in [2.24, 2.45) is 0 Å². The Bertz CT molecular complexity index is 632. The first-order valence-corrected chi connectivity index (χ1v) is 7.81. The number of aromatic amines is 1. The molecule has 0 aliphatic carbocycles. The first kappa shape index (κ1) is 12.5. The number of benzene rings is 1. The summed E-state index contributed by atoms with van der Waals surface area (Å²) >= 11 is 8.99. The van der Waals surface area contributed by atoms with E-state index >= 15 is 0 Å². The maximum atomic E-state index is 12.1. The molecule has 0 fully saturated rings. The largest absolute Gasteiger partial charge is 0.239 e. The minimum Gasteiger partial charge on any atom is -0.220 e. The Labute approximate surface area is 116 Å². The summed E-state index contributed by atoms with van der Waals surface area (Å²) in [5.41, 5.74) is 0.808. The van der Waals surface area contributed by atoms with Crippen LogP contribution in [0.3, 0.4) is 0 Å². The molecule has 1 N–H and O–H groups in total. The molecule has 0 bridgehead atoms. The fraction of sp³-hybridized carbons (Fsp3) is 0.143. The van der Waals surface area contributed by atoms with Crippen LogP contribution in [0.5, 0.6) is 0 Å². The van der Waals surface area contributed by atoms with E-state index in [9.17, 15) is 8.42 Å². The first-order chi connectivity index (χ1) is 7.34. The summed E-state index contributed by atoms with van der Waals surface area (Å²) in [7, 11) is -3.65. The number of alkyl halides is 3. The van der Waals surface area contributed by atoms with Gasteiger partial charge in [-0.15, -0.1) is 0 Å². The third-order valence-corrected chi connectivity index (χ3v) is 7.26. The van der Waals surface area contributed by atoms with E-state index in [1.807, 2.05) is 0 Å². The lowest BCUT2D eigenvalue weighted by atomic mass is 10.3. The number of fused-ring (bicyclic) bond motifs is 1. The summed E-state index contributed by atoms with van der Waals surface area (Å²) in [6.07, 6.45) is 0. The maximum absolute atomic E-state index is 12.1. The Morgan fingerprint density at radius 2 is 1.88 bits per heavy atom. The molecule has 0 amide bonds. The number of sulfone groups is 1. The first-order valence-electron chi connectivity index (χ1n) is 3.95. The van der Waals surface area contributed by atoms with Gasteiger partial charge in [0.25, 0.3) is 0 Å². The van der Waals surface area contributed by atoms with E-state index in [0.29, 0.717) is 11.0 Å². The van der Waals surface area contributed by atoms with Gasteiger partial charge in [-0.25, -0.2) is 8.42 Å². The van der Waals surface area contributed by atoms with Crippen LogP contribution in [0.4, 0.5) is 0 Å². The highest BCUT2D eigenvalue weighted by molar-refractivity contribution is 9.42. The van der Waals surface area contributed by atoms with Crippen LogP contribution >= 0.6 is 47.8 Å². The summed E-state index contributed by atoms with van der Waals surface area (Å²) in [5.74, 6) is 0. The lowest BCUT2D eigenvalue weighted by Gasteiger charge is -2.13. The van der Waals surface area contributed by atoms with E-state index in [4.69, 9.17) is 0 Å². The Kier molecular flexibility index (Phi) is 3.15. The van der Waals surface area contributed by atoms with Crippen LogP contribution in [0.25, 0.3) is 11.0 Å². The monoisotopic (exact) mass is 431 g/mol. The van der Waals surface area contributed by atoms with Gasteiger partial charge in [0.15, 0.2) is 0 Å². The van der Waals surface area contributed by atoms with Gasteiger partial charge < -0.3 is 0 Å². The Morgan fingerprint density at radius 1 is 1.19 bits per heavy atom. The van der Waals surface area contributed by atoms with E-state index in [2.05, 4.69) is 63.2 Å². The van der Waals surface area contributed by atoms with Crippen molar-refractivity contribution in [2.45, 2.75) is 6.37 Å². The number of nitrogens with one attached hydrogen (secondary N) is 1. The molecule has 0 unspecified atom stereocenters. The highest BCUT2D eigenvalue weighted by atomic mass is 80.0. The van der Waals surface area contributed by atoms with Gasteiger partial charge >= 0.3 is 0 Å². The average Bonchev–Trinajstić information content (AvgIpc) is 2.62. The second kappa shape index (κ2) is 4.04. The molecule has 0 saturated carbocycles. The Hall–Kier alpha value is 0.01000. The predicted molar refractivity (Wildman–Crippen MR) is 70.6 cm³/mol. The molecule has 5 nitrogen and oxygen atoms in total. The molecule has 1 aromatic carbocycles. The third kappa shape index (κ3) is 1.93. The van der Waals surface area contributed by atoms with Crippen molar-refractivity contribution >= 4 is 68.7 Å². The molecule has 86 valence electrons. The molecular weight excluding hydrogens is 430 g/mol. The molecule has 1 aromatic heterocycles. The molecule has 0 saturated heterocycles. The zero-order valence-corrected chi connectivity index (χ0v) is 13.1. The SMILES string of the molecule is O=S(=O)(c1cccc2n[nH]nc12)C(Br)(Br)Br. The minimum absolute atomic E-state index is 0.0874. The van der Waals surface area contributed by atoms with Crippen molar-refractivity contribution in [3.63, 3.8) is 0 Å². The Balaban J connectivity index is 2.79. The van der Waals surface area contributed by atoms with Crippen molar-refractivity contribution in [3.8, 4) is 0 Å². The molecule has 0 spiro atoms. The summed E-state index contributed by atoms with van der Waals surface area (Å²) in [6, 6.07) is 4.76. The highest BCUT2D eigenvalue weighted by Crippen LogP contribution is 2.44. The normalized spacial score (nSPS) is 13.2. The van der Waals surface area contributed by atoms with Crippen LogP contribution in [0.15, 0.2) is 23.1 Å². The van der Waals surface area contributed by atoms with Crippen LogP contribution in [0.1, 0.15) is 0 Å². The zero-order valence-electron chi connectivity index (χ0n) is 7.49. The average molecular weight is 434 g/mol. The van der Waals surface area contributed by atoms with E-state index in [1.54, 1.807) is 12.1 Å². The fourth-order valence-electron chi connectivity index (χ4n) is 1.18. The summed E-state index contributed by atoms with van der Waals surface area (Å²) in [5, 5.41) is 10.0. The minimum atomic E-state index is -3.65. The van der Waals surface area contributed by atoms with Gasteiger partial charge in [0.1, 0.15) is 11.0 Å². The molecule has 2 rings (SSSR count). The van der Waals surface area contributed by atoms with Gasteiger partial charge in [-0.2, -0.15) is 15.4 Å². The van der Waals surface area contributed by atoms with Gasteiger partial charge in [0, 0.05) is 0 Å². The number of para-hydroxylation sites is 1. The molecule has 0 radical (unpaired) electrons. The molecule has 1 heterocycles. The summed E-state index contributed by atoms with van der Waals surface area (Å²) < 4.78 is 22.9. The number of hydrogen-bond donors (Lipinski definition) is 1. The molecular formula is C7H4Br3N3O2S. The van der Waals surface area contributed by atoms with Gasteiger partial charge in [0.05, 0.1) is 4.90 Å². The number of halogens is 3. The molecule has 0 aliphatic heterocycles. The number of rotatable bonds is 1. The van der Waals surface area contributed by atoms with Crippen molar-refractivity contribution < 1.29 is 8.42 Å². The van der Waals surface area contributed by atoms with Crippen LogP contribution in [-0.4, -0.2) is 25.3 Å². The molecule has 9 heteroatoms. The van der Waals surface area contributed by atoms with Crippen molar-refractivity contribution in [1.29, 1.82) is 0 Å². The van der Waals surface area contributed by atoms with E-state index < -0.39 is 11.3 Å². The van der Waals surface area contributed by atoms with Crippen molar-refractivity contribution in [1.82, 2.24) is 15.4 Å². The molecule has 0 atom stereocenters. The molecule has 2 aromatic rings. The second-order valence-electron chi connectivity index (χ2n) is 2.90. The zero-order chi connectivity index (χ0) is 12.0. The van der Waals surface area contributed by atoms with E-state index in [-0.39, 0.29) is 4.90 Å². The maximum Gasteiger partial charge on any atom is 0.239 e. The summed E-state index contributed by atoms with van der Waals surface area (Å²) in [4.78, 5) is 0.0874. The number of aromatic nitrogens is 3. The Morgan fingerprint density at radius 3 is 2.50 bits per heavy atom. The second-order valence-corrected chi connectivity index (χ2v) is 13.3. The van der Waals surface area contributed by atoms with Gasteiger partial charge in [-0.1, -0.05) is 6.07 Å². The fourth-order valence-corrected chi connectivity index (χ4v) is 3.67. The van der Waals surface area contributed by atoms with Crippen LogP contribution in [-0.2, 0) is 9.84 Å². The van der Waals surface area contributed by atoms with Crippen molar-refractivity contribution in [2.75, 3.05) is 0 Å². The van der Waals surface area contributed by atoms with Gasteiger partial charge in [-0.05, 0) is 59.9 Å². The van der Waals surface area contributed by atoms with Crippen molar-refractivity contribution in [3.05, 3.63) is 18.2 Å². The lowest BCUT2D eigenvalue weighted by molar-refractivity contribution is 0.599. The smallest absolute Gasteiger partial charge is 0.220 e. The number of H-pyrrole nitrogens is 1. The van der Waals surface area contributed by atoms with Gasteiger partial charge in [0.2, 0.25) is 11.3 Å². The van der Waals surface area contributed by atoms with Crippen LogP contribution in [0, 0.1) is 0 Å². The third-order valence-electron chi connectivity index (χ3n) is 1.90. The molecule has 0 aliphatic rings. The van der Waals surface area contributed by atoms with Gasteiger partial charge in [-0.3, -0.25) is 0 Å².